The minimum Gasteiger partial charge on any atom is -0.477 e. The van der Waals surface area contributed by atoms with Gasteiger partial charge in [0.1, 0.15) is 11.5 Å². The second-order valence-corrected chi connectivity index (χ2v) is 5.65. The van der Waals surface area contributed by atoms with Gasteiger partial charge in [-0.1, -0.05) is 20.3 Å². The lowest BCUT2D eigenvalue weighted by Crippen LogP contribution is -2.51. The number of aromatic carboxylic acids is 1. The maximum absolute atomic E-state index is 12.1. The lowest BCUT2D eigenvalue weighted by molar-refractivity contribution is -0.125. The van der Waals surface area contributed by atoms with E-state index in [4.69, 9.17) is 5.11 Å². The summed E-state index contributed by atoms with van der Waals surface area (Å²) in [4.78, 5) is 29.9. The van der Waals surface area contributed by atoms with Crippen LogP contribution in [0.25, 0.3) is 0 Å². The van der Waals surface area contributed by atoms with Crippen molar-refractivity contribution in [3.05, 3.63) is 17.7 Å². The molecule has 1 aromatic heterocycles. The Morgan fingerprint density at radius 3 is 2.70 bits per heavy atom. The molecule has 0 aliphatic heterocycles. The van der Waals surface area contributed by atoms with Gasteiger partial charge >= 0.3 is 5.97 Å². The second kappa shape index (κ2) is 5.64. The van der Waals surface area contributed by atoms with Gasteiger partial charge < -0.3 is 15.4 Å². The molecule has 1 amide bonds. The van der Waals surface area contributed by atoms with Crippen LogP contribution in [0.4, 0.5) is 0 Å². The molecule has 0 bridgehead atoms. The molecule has 6 nitrogen and oxygen atoms in total. The van der Waals surface area contributed by atoms with Crippen molar-refractivity contribution in [2.75, 3.05) is 0 Å². The van der Waals surface area contributed by atoms with Gasteiger partial charge in [-0.3, -0.25) is 4.79 Å². The maximum atomic E-state index is 12.1. The molecule has 1 heterocycles. The summed E-state index contributed by atoms with van der Waals surface area (Å²) in [6.07, 6.45) is 5.36. The van der Waals surface area contributed by atoms with Crippen molar-refractivity contribution in [3.8, 4) is 0 Å². The summed E-state index contributed by atoms with van der Waals surface area (Å²) in [5.41, 5.74) is -0.444. The number of carboxylic acid groups (broad SMARTS) is 1. The van der Waals surface area contributed by atoms with E-state index in [-0.39, 0.29) is 11.6 Å². The zero-order chi connectivity index (χ0) is 14.8. The number of imidazole rings is 1. The second-order valence-electron chi connectivity index (χ2n) is 5.65. The molecule has 1 unspecified atom stereocenters. The molecule has 1 aliphatic rings. The van der Waals surface area contributed by atoms with Crippen LogP contribution < -0.4 is 5.32 Å². The predicted molar refractivity (Wildman–Crippen MR) is 73.3 cm³/mol. The number of carbonyl (C=O) groups excluding carboxylic acids is 1. The normalized spacial score (nSPS) is 18.1. The van der Waals surface area contributed by atoms with Crippen LogP contribution in [0.15, 0.2) is 6.20 Å². The topological polar surface area (TPSA) is 95.1 Å². The number of aromatic nitrogens is 2. The highest BCUT2D eigenvalue weighted by Gasteiger charge is 2.42. The van der Waals surface area contributed by atoms with Gasteiger partial charge in [0.25, 0.3) is 0 Å². The molecule has 20 heavy (non-hydrogen) atoms. The fourth-order valence-corrected chi connectivity index (χ4v) is 2.40. The number of rotatable bonds is 6. The molecule has 1 aliphatic carbocycles. The molecule has 0 spiro atoms. The third-order valence-electron chi connectivity index (χ3n) is 4.08. The molecular formula is C14H21N3O3. The zero-order valence-corrected chi connectivity index (χ0v) is 11.9. The van der Waals surface area contributed by atoms with Crippen molar-refractivity contribution in [3.63, 3.8) is 0 Å². The molecule has 0 aromatic carbocycles. The van der Waals surface area contributed by atoms with Crippen molar-refractivity contribution in [1.29, 1.82) is 0 Å². The van der Waals surface area contributed by atoms with Crippen molar-refractivity contribution >= 4 is 11.9 Å². The SMILES string of the molecule is CCC(C)CC(=O)NC1(c2ncc(C(=O)O)[nH]2)CCC1. The average Bonchev–Trinajstić information content (AvgIpc) is 2.83. The van der Waals surface area contributed by atoms with E-state index in [0.29, 0.717) is 18.2 Å². The number of amides is 1. The lowest BCUT2D eigenvalue weighted by Gasteiger charge is -2.41. The first kappa shape index (κ1) is 14.6. The summed E-state index contributed by atoms with van der Waals surface area (Å²) in [6.45, 7) is 4.10. The Morgan fingerprint density at radius 1 is 1.55 bits per heavy atom. The number of H-pyrrole nitrogens is 1. The Labute approximate surface area is 118 Å². The summed E-state index contributed by atoms with van der Waals surface area (Å²) in [6, 6.07) is 0. The third kappa shape index (κ3) is 2.84. The molecule has 1 aromatic rings. The average molecular weight is 279 g/mol. The van der Waals surface area contributed by atoms with Gasteiger partial charge in [-0.2, -0.15) is 0 Å². The molecule has 1 atom stereocenters. The van der Waals surface area contributed by atoms with Crippen molar-refractivity contribution in [1.82, 2.24) is 15.3 Å². The highest BCUT2D eigenvalue weighted by molar-refractivity contribution is 5.85. The molecular weight excluding hydrogens is 258 g/mol. The van der Waals surface area contributed by atoms with Crippen LogP contribution >= 0.6 is 0 Å². The Morgan fingerprint density at radius 2 is 2.25 bits per heavy atom. The van der Waals surface area contributed by atoms with E-state index in [9.17, 15) is 9.59 Å². The Bertz CT molecular complexity index is 506. The summed E-state index contributed by atoms with van der Waals surface area (Å²) in [7, 11) is 0. The first-order chi connectivity index (χ1) is 9.47. The summed E-state index contributed by atoms with van der Waals surface area (Å²) < 4.78 is 0. The number of nitrogens with zero attached hydrogens (tertiary/aromatic N) is 1. The van der Waals surface area contributed by atoms with E-state index < -0.39 is 11.5 Å². The van der Waals surface area contributed by atoms with E-state index in [1.807, 2.05) is 6.92 Å². The Hall–Kier alpha value is -1.85. The van der Waals surface area contributed by atoms with E-state index in [0.717, 1.165) is 25.7 Å². The minimum absolute atomic E-state index is 0.00678. The van der Waals surface area contributed by atoms with Crippen molar-refractivity contribution in [2.24, 2.45) is 5.92 Å². The minimum atomic E-state index is -1.04. The molecule has 2 rings (SSSR count). The van der Waals surface area contributed by atoms with E-state index >= 15 is 0 Å². The summed E-state index contributed by atoms with van der Waals surface area (Å²) in [5.74, 6) is -0.131. The van der Waals surface area contributed by atoms with Gasteiger partial charge in [-0.15, -0.1) is 0 Å². The molecule has 6 heteroatoms. The standard InChI is InChI=1S/C14H21N3O3/c1-3-9(2)7-11(18)17-14(5-4-6-14)13-15-8-10(16-13)12(19)20/h8-9H,3-7H2,1-2H3,(H,15,16)(H,17,18)(H,19,20). The van der Waals surface area contributed by atoms with Crippen LogP contribution in [0.2, 0.25) is 0 Å². The van der Waals surface area contributed by atoms with Crippen LogP contribution in [0, 0.1) is 5.92 Å². The number of nitrogens with one attached hydrogen (secondary N) is 2. The van der Waals surface area contributed by atoms with Gasteiger partial charge in [0.05, 0.1) is 11.7 Å². The quantitative estimate of drug-likeness (QED) is 0.742. The Kier molecular flexibility index (Phi) is 4.11. The Balaban J connectivity index is 2.09. The maximum Gasteiger partial charge on any atom is 0.353 e. The molecule has 110 valence electrons. The predicted octanol–water partition coefficient (Wildman–Crippen LogP) is 2.04. The van der Waals surface area contributed by atoms with Gasteiger partial charge in [0, 0.05) is 6.42 Å². The largest absolute Gasteiger partial charge is 0.477 e. The number of hydrogen-bond donors (Lipinski definition) is 3. The fraction of sp³-hybridized carbons (Fsp3) is 0.643. The molecule has 1 saturated carbocycles. The number of hydrogen-bond acceptors (Lipinski definition) is 3. The third-order valence-corrected chi connectivity index (χ3v) is 4.08. The van der Waals surface area contributed by atoms with Gasteiger partial charge in [0.2, 0.25) is 5.91 Å². The number of aromatic amines is 1. The summed E-state index contributed by atoms with van der Waals surface area (Å²) >= 11 is 0. The molecule has 1 fully saturated rings. The van der Waals surface area contributed by atoms with Gasteiger partial charge in [-0.05, 0) is 25.2 Å². The smallest absolute Gasteiger partial charge is 0.353 e. The van der Waals surface area contributed by atoms with Crippen LogP contribution in [0.3, 0.4) is 0 Å². The highest BCUT2D eigenvalue weighted by atomic mass is 16.4. The molecule has 0 radical (unpaired) electrons. The van der Waals surface area contributed by atoms with Crippen molar-refractivity contribution in [2.45, 2.75) is 51.5 Å². The molecule has 0 saturated heterocycles. The van der Waals surface area contributed by atoms with E-state index in [1.54, 1.807) is 0 Å². The highest BCUT2D eigenvalue weighted by Crippen LogP contribution is 2.39. The van der Waals surface area contributed by atoms with Gasteiger partial charge in [0.15, 0.2) is 0 Å². The molecule has 3 N–H and O–H groups in total. The zero-order valence-electron chi connectivity index (χ0n) is 11.9. The number of carboxylic acids is 1. The van der Waals surface area contributed by atoms with Crippen LogP contribution in [-0.2, 0) is 10.3 Å². The lowest BCUT2D eigenvalue weighted by atomic mass is 9.76. The van der Waals surface area contributed by atoms with Gasteiger partial charge in [-0.25, -0.2) is 9.78 Å². The van der Waals surface area contributed by atoms with Crippen LogP contribution in [0.5, 0.6) is 0 Å². The van der Waals surface area contributed by atoms with E-state index in [1.165, 1.54) is 6.20 Å². The fourth-order valence-electron chi connectivity index (χ4n) is 2.40. The number of carbonyl (C=O) groups is 2. The van der Waals surface area contributed by atoms with Crippen LogP contribution in [-0.4, -0.2) is 27.0 Å². The first-order valence-electron chi connectivity index (χ1n) is 7.06. The van der Waals surface area contributed by atoms with E-state index in [2.05, 4.69) is 22.2 Å². The van der Waals surface area contributed by atoms with Crippen LogP contribution in [0.1, 0.15) is 62.3 Å². The summed E-state index contributed by atoms with van der Waals surface area (Å²) in [5, 5.41) is 12.0. The first-order valence-corrected chi connectivity index (χ1v) is 7.06. The monoisotopic (exact) mass is 279 g/mol. The van der Waals surface area contributed by atoms with Crippen molar-refractivity contribution < 1.29 is 14.7 Å².